The van der Waals surface area contributed by atoms with Gasteiger partial charge in [0.15, 0.2) is 12.5 Å². The minimum Gasteiger partial charge on any atom is -0.473 e. The minimum absolute atomic E-state index is 0.0278. The molecular formula is C27H34N4O4. The van der Waals surface area contributed by atoms with E-state index >= 15 is 0 Å². The van der Waals surface area contributed by atoms with E-state index in [-0.39, 0.29) is 18.2 Å². The molecule has 0 bridgehead atoms. The zero-order valence-corrected chi connectivity index (χ0v) is 20.5. The van der Waals surface area contributed by atoms with E-state index in [2.05, 4.69) is 29.9 Å². The zero-order valence-electron chi connectivity index (χ0n) is 20.5. The van der Waals surface area contributed by atoms with Gasteiger partial charge in [0.25, 0.3) is 6.23 Å². The number of rotatable bonds is 8. The molecule has 5 rings (SSSR count). The number of aliphatic hydroxyl groups excluding tert-OH is 1. The Morgan fingerprint density at radius 2 is 1.91 bits per heavy atom. The first-order valence-corrected chi connectivity index (χ1v) is 12.4. The summed E-state index contributed by atoms with van der Waals surface area (Å²) < 4.78 is 12.3. The molecule has 0 aliphatic carbocycles. The number of aldehydes is 1. The number of hydrazone groups is 1. The number of piperidine rings is 1. The monoisotopic (exact) mass is 478 g/mol. The summed E-state index contributed by atoms with van der Waals surface area (Å²) in [5, 5.41) is 17.8. The highest BCUT2D eigenvalue weighted by atomic mass is 16.6. The first kappa shape index (κ1) is 23.8. The third-order valence-electron chi connectivity index (χ3n) is 7.45. The van der Waals surface area contributed by atoms with Gasteiger partial charge in [-0.05, 0) is 62.0 Å². The fraction of sp³-hybridized carbons (Fsp3) is 0.481. The van der Waals surface area contributed by atoms with Crippen LogP contribution in [0.25, 0.3) is 0 Å². The van der Waals surface area contributed by atoms with E-state index in [1.807, 2.05) is 47.5 Å². The van der Waals surface area contributed by atoms with E-state index < -0.39 is 6.23 Å². The SMILES string of the molecule is Cc1cccc(OC2CCN2N2N=C(c3ccccc3)OC2C=O)c1CN1CCC(C)(CO)CC1. The van der Waals surface area contributed by atoms with Crippen LogP contribution in [0.1, 0.15) is 42.9 Å². The molecule has 35 heavy (non-hydrogen) atoms. The van der Waals surface area contributed by atoms with Crippen LogP contribution >= 0.6 is 0 Å². The van der Waals surface area contributed by atoms with E-state index in [9.17, 15) is 9.90 Å². The first-order chi connectivity index (χ1) is 17.0. The minimum atomic E-state index is -0.803. The molecule has 0 amide bonds. The van der Waals surface area contributed by atoms with Crippen LogP contribution in [0.2, 0.25) is 0 Å². The molecule has 8 heteroatoms. The highest BCUT2D eigenvalue weighted by Gasteiger charge is 2.42. The summed E-state index contributed by atoms with van der Waals surface area (Å²) in [6, 6.07) is 15.8. The number of benzene rings is 2. The predicted molar refractivity (Wildman–Crippen MR) is 132 cm³/mol. The summed E-state index contributed by atoms with van der Waals surface area (Å²) in [5.41, 5.74) is 3.24. The number of aryl methyl sites for hydroxylation is 1. The number of nitrogens with zero attached hydrogens (tertiary/aromatic N) is 4. The Labute approximate surface area is 206 Å². The second-order valence-electron chi connectivity index (χ2n) is 10.1. The Morgan fingerprint density at radius 1 is 1.14 bits per heavy atom. The third-order valence-corrected chi connectivity index (χ3v) is 7.45. The molecule has 0 radical (unpaired) electrons. The fourth-order valence-electron chi connectivity index (χ4n) is 4.80. The Kier molecular flexibility index (Phi) is 6.77. The van der Waals surface area contributed by atoms with Gasteiger partial charge in [0, 0.05) is 37.2 Å². The average Bonchev–Trinajstić information content (AvgIpc) is 3.29. The second-order valence-corrected chi connectivity index (χ2v) is 10.1. The average molecular weight is 479 g/mol. The maximum Gasteiger partial charge on any atom is 0.260 e. The van der Waals surface area contributed by atoms with Crippen LogP contribution in [-0.4, -0.2) is 71.0 Å². The van der Waals surface area contributed by atoms with Crippen molar-refractivity contribution >= 4 is 12.2 Å². The largest absolute Gasteiger partial charge is 0.473 e. The topological polar surface area (TPSA) is 77.8 Å². The van der Waals surface area contributed by atoms with Gasteiger partial charge < -0.3 is 14.6 Å². The molecule has 8 nitrogen and oxygen atoms in total. The van der Waals surface area contributed by atoms with Gasteiger partial charge in [-0.1, -0.05) is 37.3 Å². The van der Waals surface area contributed by atoms with Gasteiger partial charge in [-0.2, -0.15) is 10.1 Å². The number of likely N-dealkylation sites (tertiary alicyclic amines) is 1. The van der Waals surface area contributed by atoms with Crippen molar-refractivity contribution in [3.63, 3.8) is 0 Å². The predicted octanol–water partition coefficient (Wildman–Crippen LogP) is 3.13. The number of aliphatic hydroxyl groups is 1. The van der Waals surface area contributed by atoms with Gasteiger partial charge in [0.1, 0.15) is 5.75 Å². The molecule has 1 N–H and O–H groups in total. The number of carbonyl (C=O) groups is 1. The molecule has 3 aliphatic heterocycles. The normalized spacial score (nSPS) is 24.4. The van der Waals surface area contributed by atoms with Crippen molar-refractivity contribution < 1.29 is 19.4 Å². The summed E-state index contributed by atoms with van der Waals surface area (Å²) in [6.07, 6.45) is 2.56. The number of ether oxygens (including phenoxy) is 2. The molecule has 2 aromatic carbocycles. The van der Waals surface area contributed by atoms with Gasteiger partial charge in [-0.25, -0.2) is 0 Å². The Morgan fingerprint density at radius 3 is 2.57 bits per heavy atom. The van der Waals surface area contributed by atoms with Crippen molar-refractivity contribution in [3.05, 3.63) is 65.2 Å². The molecule has 3 aliphatic rings. The van der Waals surface area contributed by atoms with E-state index in [0.717, 1.165) is 63.0 Å². The number of hydrogen-bond donors (Lipinski definition) is 1. The Bertz CT molecular complexity index is 1070. The molecule has 0 saturated carbocycles. The van der Waals surface area contributed by atoms with Crippen LogP contribution in [0.4, 0.5) is 0 Å². The molecular weight excluding hydrogens is 444 g/mol. The molecule has 2 atom stereocenters. The van der Waals surface area contributed by atoms with Crippen LogP contribution < -0.4 is 4.74 Å². The van der Waals surface area contributed by atoms with Crippen molar-refractivity contribution in [1.29, 1.82) is 0 Å². The summed E-state index contributed by atoms with van der Waals surface area (Å²) in [6.45, 7) is 8.00. The summed E-state index contributed by atoms with van der Waals surface area (Å²) in [4.78, 5) is 14.2. The van der Waals surface area contributed by atoms with Gasteiger partial charge in [-0.15, -0.1) is 5.10 Å². The molecule has 2 fully saturated rings. The van der Waals surface area contributed by atoms with E-state index in [4.69, 9.17) is 9.47 Å². The second kappa shape index (κ2) is 9.97. The van der Waals surface area contributed by atoms with E-state index in [1.165, 1.54) is 11.1 Å². The quantitative estimate of drug-likeness (QED) is 0.584. The zero-order chi connectivity index (χ0) is 24.4. The lowest BCUT2D eigenvalue weighted by Crippen LogP contribution is -2.60. The van der Waals surface area contributed by atoms with E-state index in [0.29, 0.717) is 5.90 Å². The number of hydrogen-bond acceptors (Lipinski definition) is 8. The summed E-state index contributed by atoms with van der Waals surface area (Å²) in [7, 11) is 0. The highest BCUT2D eigenvalue weighted by molar-refractivity contribution is 5.95. The molecule has 0 spiro atoms. The smallest absolute Gasteiger partial charge is 0.260 e. The third kappa shape index (κ3) is 4.91. The van der Waals surface area contributed by atoms with Crippen molar-refractivity contribution in [3.8, 4) is 5.75 Å². The Hall–Kier alpha value is -2.94. The molecule has 2 unspecified atom stereocenters. The molecule has 0 aromatic heterocycles. The van der Waals surface area contributed by atoms with Crippen molar-refractivity contribution in [2.75, 3.05) is 26.2 Å². The summed E-state index contributed by atoms with van der Waals surface area (Å²) in [5.74, 6) is 1.30. The van der Waals surface area contributed by atoms with Gasteiger partial charge in [0.2, 0.25) is 5.90 Å². The van der Waals surface area contributed by atoms with Crippen LogP contribution in [0, 0.1) is 12.3 Å². The highest BCUT2D eigenvalue weighted by Crippen LogP contribution is 2.34. The van der Waals surface area contributed by atoms with Gasteiger partial charge in [-0.3, -0.25) is 9.69 Å². The van der Waals surface area contributed by atoms with Crippen LogP contribution in [-0.2, 0) is 16.1 Å². The maximum atomic E-state index is 11.8. The molecule has 3 heterocycles. The van der Waals surface area contributed by atoms with Gasteiger partial charge >= 0.3 is 0 Å². The molecule has 186 valence electrons. The lowest BCUT2D eigenvalue weighted by atomic mass is 9.81. The molecule has 2 saturated heterocycles. The standard InChI is InChI=1S/C27H34N4O4/c1-20-7-6-10-23(22(20)17-29-15-12-27(2,19-33)13-16-29)34-24-11-14-30(24)31-25(18-32)35-26(28-31)21-8-4-3-5-9-21/h3-10,18,24-25,33H,11-17,19H2,1-2H3. The lowest BCUT2D eigenvalue weighted by molar-refractivity contribution is -0.218. The van der Waals surface area contributed by atoms with Crippen LogP contribution in [0.3, 0.4) is 0 Å². The van der Waals surface area contributed by atoms with Crippen LogP contribution in [0.15, 0.2) is 53.6 Å². The first-order valence-electron chi connectivity index (χ1n) is 12.4. The maximum absolute atomic E-state index is 11.8. The lowest BCUT2D eigenvalue weighted by Gasteiger charge is -2.44. The number of hydrazine groups is 1. The molecule has 2 aromatic rings. The fourth-order valence-corrected chi connectivity index (χ4v) is 4.80. The van der Waals surface area contributed by atoms with Crippen molar-refractivity contribution in [2.24, 2.45) is 10.5 Å². The van der Waals surface area contributed by atoms with Crippen molar-refractivity contribution in [1.82, 2.24) is 15.0 Å². The van der Waals surface area contributed by atoms with E-state index in [1.54, 1.807) is 5.12 Å². The Balaban J connectivity index is 1.29. The van der Waals surface area contributed by atoms with Crippen molar-refractivity contribution in [2.45, 2.75) is 52.1 Å². The summed E-state index contributed by atoms with van der Waals surface area (Å²) >= 11 is 0. The number of carbonyl (C=O) groups excluding carboxylic acids is 1. The van der Waals surface area contributed by atoms with Crippen LogP contribution in [0.5, 0.6) is 5.75 Å². The van der Waals surface area contributed by atoms with Gasteiger partial charge in [0.05, 0.1) is 0 Å².